The molecule has 0 saturated carbocycles. The van der Waals surface area contributed by atoms with Crippen LogP contribution in [0.2, 0.25) is 0 Å². The second-order valence-electron chi connectivity index (χ2n) is 3.21. The second kappa shape index (κ2) is 6.48. The van der Waals surface area contributed by atoms with Gasteiger partial charge < -0.3 is 5.32 Å². The molecule has 0 spiro atoms. The molecule has 1 aromatic rings. The fraction of sp³-hybridized carbons (Fsp3) is 0.364. The molecule has 4 heteroatoms. The first-order valence-corrected chi connectivity index (χ1v) is 6.76. The predicted octanol–water partition coefficient (Wildman–Crippen LogP) is 3.58. The number of carbonyl (C=O) groups excluding carboxylic acids is 1. The third-order valence-corrected chi connectivity index (χ3v) is 4.58. The van der Waals surface area contributed by atoms with Gasteiger partial charge in [0.25, 0.3) is 5.91 Å². The van der Waals surface area contributed by atoms with Gasteiger partial charge in [-0.2, -0.15) is 0 Å². The summed E-state index contributed by atoms with van der Waals surface area (Å²) < 4.78 is 1.93. The van der Waals surface area contributed by atoms with Crippen molar-refractivity contribution in [1.82, 2.24) is 5.32 Å². The molecule has 1 amide bonds. The van der Waals surface area contributed by atoms with Crippen LogP contribution in [0, 0.1) is 3.57 Å². The molecule has 0 aliphatic rings. The van der Waals surface area contributed by atoms with Gasteiger partial charge in [0.15, 0.2) is 0 Å². The Morgan fingerprint density at radius 3 is 2.93 bits per heavy atom. The number of nitrogens with one attached hydrogen (secondary N) is 1. The minimum atomic E-state index is 0.00847. The van der Waals surface area contributed by atoms with Gasteiger partial charge in [-0.3, -0.25) is 4.79 Å². The van der Waals surface area contributed by atoms with Gasteiger partial charge in [0.2, 0.25) is 0 Å². The van der Waals surface area contributed by atoms with E-state index < -0.39 is 0 Å². The first kappa shape index (κ1) is 13.0. The van der Waals surface area contributed by atoms with Gasteiger partial charge in [0.05, 0.1) is 5.56 Å². The van der Waals surface area contributed by atoms with E-state index in [-0.39, 0.29) is 5.91 Å². The minimum Gasteiger partial charge on any atom is -0.352 e. The lowest BCUT2D eigenvalue weighted by molar-refractivity contribution is 0.0952. The SMILES string of the molecule is CCCCNC(=O)c1cccc(Br)c1I. The molecule has 1 rings (SSSR count). The van der Waals surface area contributed by atoms with Crippen LogP contribution in [0.5, 0.6) is 0 Å². The standard InChI is InChI=1S/C11H13BrINO/c1-2-3-7-14-11(15)8-5-4-6-9(12)10(8)13/h4-6H,2-3,7H2,1H3,(H,14,15). The Bertz CT molecular complexity index is 354. The maximum atomic E-state index is 11.8. The highest BCUT2D eigenvalue weighted by atomic mass is 127. The minimum absolute atomic E-state index is 0.00847. The maximum Gasteiger partial charge on any atom is 0.252 e. The summed E-state index contributed by atoms with van der Waals surface area (Å²) >= 11 is 5.58. The average Bonchev–Trinajstić information content (AvgIpc) is 2.22. The van der Waals surface area contributed by atoms with E-state index >= 15 is 0 Å². The monoisotopic (exact) mass is 381 g/mol. The van der Waals surface area contributed by atoms with Crippen LogP contribution < -0.4 is 5.32 Å². The van der Waals surface area contributed by atoms with Crippen LogP contribution in [0.3, 0.4) is 0 Å². The largest absolute Gasteiger partial charge is 0.352 e. The molecule has 1 N–H and O–H groups in total. The molecular formula is C11H13BrINO. The van der Waals surface area contributed by atoms with Crippen molar-refractivity contribution >= 4 is 44.4 Å². The summed E-state index contributed by atoms with van der Waals surface area (Å²) in [7, 11) is 0. The van der Waals surface area contributed by atoms with Crippen molar-refractivity contribution < 1.29 is 4.79 Å². The van der Waals surface area contributed by atoms with E-state index in [2.05, 4.69) is 50.8 Å². The van der Waals surface area contributed by atoms with Crippen LogP contribution in [-0.2, 0) is 0 Å². The van der Waals surface area contributed by atoms with Gasteiger partial charge in [-0.05, 0) is 57.1 Å². The van der Waals surface area contributed by atoms with Gasteiger partial charge >= 0.3 is 0 Å². The first-order chi connectivity index (χ1) is 7.16. The summed E-state index contributed by atoms with van der Waals surface area (Å²) in [5.41, 5.74) is 0.737. The quantitative estimate of drug-likeness (QED) is 0.626. The smallest absolute Gasteiger partial charge is 0.252 e. The Morgan fingerprint density at radius 2 is 2.27 bits per heavy atom. The predicted molar refractivity (Wildman–Crippen MR) is 74.1 cm³/mol. The van der Waals surface area contributed by atoms with Crippen molar-refractivity contribution in [3.8, 4) is 0 Å². The van der Waals surface area contributed by atoms with E-state index in [4.69, 9.17) is 0 Å². The van der Waals surface area contributed by atoms with Crippen molar-refractivity contribution in [3.05, 3.63) is 31.8 Å². The molecule has 0 radical (unpaired) electrons. The number of hydrogen-bond donors (Lipinski definition) is 1. The van der Waals surface area contributed by atoms with Crippen LogP contribution in [0.1, 0.15) is 30.1 Å². The fourth-order valence-electron chi connectivity index (χ4n) is 1.15. The molecule has 0 atom stereocenters. The number of carbonyl (C=O) groups is 1. The van der Waals surface area contributed by atoms with E-state index in [9.17, 15) is 4.79 Å². The summed E-state index contributed by atoms with van der Waals surface area (Å²) in [6.45, 7) is 2.85. The number of benzene rings is 1. The topological polar surface area (TPSA) is 29.1 Å². The molecule has 2 nitrogen and oxygen atoms in total. The van der Waals surface area contributed by atoms with Gasteiger partial charge in [-0.1, -0.05) is 19.4 Å². The number of rotatable bonds is 4. The van der Waals surface area contributed by atoms with Crippen molar-refractivity contribution in [2.45, 2.75) is 19.8 Å². The molecule has 0 fully saturated rings. The molecule has 0 unspecified atom stereocenters. The summed E-state index contributed by atoms with van der Waals surface area (Å²) in [5.74, 6) is 0.00847. The third-order valence-electron chi connectivity index (χ3n) is 2.01. The van der Waals surface area contributed by atoms with Gasteiger partial charge in [0, 0.05) is 14.6 Å². The highest BCUT2D eigenvalue weighted by Crippen LogP contribution is 2.22. The molecule has 82 valence electrons. The molecule has 0 aliphatic heterocycles. The molecule has 0 aromatic heterocycles. The van der Waals surface area contributed by atoms with Gasteiger partial charge in [0.1, 0.15) is 0 Å². The summed E-state index contributed by atoms with van der Waals surface area (Å²) in [4.78, 5) is 11.8. The number of unbranched alkanes of at least 4 members (excludes halogenated alkanes) is 1. The molecule has 0 aliphatic carbocycles. The van der Waals surface area contributed by atoms with E-state index in [0.717, 1.165) is 33.0 Å². The van der Waals surface area contributed by atoms with E-state index in [1.165, 1.54) is 0 Å². The van der Waals surface area contributed by atoms with Crippen molar-refractivity contribution in [2.24, 2.45) is 0 Å². The summed E-state index contributed by atoms with van der Waals surface area (Å²) in [6.07, 6.45) is 2.12. The van der Waals surface area contributed by atoms with Gasteiger partial charge in [-0.15, -0.1) is 0 Å². The number of halogens is 2. The Balaban J connectivity index is 2.69. The van der Waals surface area contributed by atoms with E-state index in [0.29, 0.717) is 0 Å². The lowest BCUT2D eigenvalue weighted by Gasteiger charge is -2.07. The molecule has 0 saturated heterocycles. The third kappa shape index (κ3) is 3.75. The highest BCUT2D eigenvalue weighted by molar-refractivity contribution is 14.1. The number of hydrogen-bond acceptors (Lipinski definition) is 1. The molecular weight excluding hydrogens is 369 g/mol. The molecule has 15 heavy (non-hydrogen) atoms. The maximum absolute atomic E-state index is 11.8. The van der Waals surface area contributed by atoms with Crippen molar-refractivity contribution in [1.29, 1.82) is 0 Å². The zero-order valence-corrected chi connectivity index (χ0v) is 12.3. The lowest BCUT2D eigenvalue weighted by Crippen LogP contribution is -2.25. The summed E-state index contributed by atoms with van der Waals surface area (Å²) in [6, 6.07) is 5.65. The van der Waals surface area contributed by atoms with Crippen molar-refractivity contribution in [3.63, 3.8) is 0 Å². The normalized spacial score (nSPS) is 10.1. The first-order valence-electron chi connectivity index (χ1n) is 4.89. The van der Waals surface area contributed by atoms with Crippen LogP contribution in [0.15, 0.2) is 22.7 Å². The Morgan fingerprint density at radius 1 is 1.53 bits per heavy atom. The van der Waals surface area contributed by atoms with Crippen LogP contribution in [-0.4, -0.2) is 12.5 Å². The zero-order valence-electron chi connectivity index (χ0n) is 8.52. The van der Waals surface area contributed by atoms with E-state index in [1.54, 1.807) is 0 Å². The van der Waals surface area contributed by atoms with Crippen LogP contribution >= 0.6 is 38.5 Å². The molecule has 0 heterocycles. The fourth-order valence-corrected chi connectivity index (χ4v) is 2.12. The Kier molecular flexibility index (Phi) is 5.60. The second-order valence-corrected chi connectivity index (χ2v) is 5.14. The van der Waals surface area contributed by atoms with Gasteiger partial charge in [-0.25, -0.2) is 0 Å². The number of amides is 1. The van der Waals surface area contributed by atoms with Crippen molar-refractivity contribution in [2.75, 3.05) is 6.54 Å². The van der Waals surface area contributed by atoms with E-state index in [1.807, 2.05) is 18.2 Å². The van der Waals surface area contributed by atoms with Crippen LogP contribution in [0.4, 0.5) is 0 Å². The Hall–Kier alpha value is -0.100. The zero-order chi connectivity index (χ0) is 11.3. The van der Waals surface area contributed by atoms with Crippen LogP contribution in [0.25, 0.3) is 0 Å². The highest BCUT2D eigenvalue weighted by Gasteiger charge is 2.10. The molecule has 1 aromatic carbocycles. The Labute approximate surface area is 112 Å². The molecule has 0 bridgehead atoms. The summed E-state index contributed by atoms with van der Waals surface area (Å²) in [5, 5.41) is 2.90. The lowest BCUT2D eigenvalue weighted by atomic mass is 10.2. The average molecular weight is 382 g/mol.